The van der Waals surface area contributed by atoms with Crippen molar-refractivity contribution in [3.63, 3.8) is 0 Å². The van der Waals surface area contributed by atoms with E-state index in [0.29, 0.717) is 112 Å². The fourth-order valence-electron chi connectivity index (χ4n) is 5.69. The highest BCUT2D eigenvalue weighted by atomic mass is 16.6. The van der Waals surface area contributed by atoms with Crippen LogP contribution in [0.5, 0.6) is 34.5 Å². The molecule has 0 amide bonds. The number of esters is 2. The summed E-state index contributed by atoms with van der Waals surface area (Å²) in [5.74, 6) is 1.29. The molecule has 14 heteroatoms. The Hall–Kier alpha value is -5.54. The minimum absolute atomic E-state index is 0.207. The molecular formula is C48H62N2O12. The maximum absolute atomic E-state index is 13.5. The van der Waals surface area contributed by atoms with Gasteiger partial charge < -0.3 is 47.4 Å². The Morgan fingerprint density at radius 2 is 0.919 bits per heavy atom. The van der Waals surface area contributed by atoms with Crippen LogP contribution in [-0.2, 0) is 18.9 Å². The van der Waals surface area contributed by atoms with Gasteiger partial charge in [0.15, 0.2) is 11.5 Å². The Morgan fingerprint density at radius 3 is 1.44 bits per heavy atom. The number of carbonyl (C=O) groups is 2. The molecule has 0 atom stereocenters. The highest BCUT2D eigenvalue weighted by Gasteiger charge is 2.22. The summed E-state index contributed by atoms with van der Waals surface area (Å²) >= 11 is 0. The molecule has 0 spiro atoms. The van der Waals surface area contributed by atoms with Crippen molar-refractivity contribution in [2.45, 2.75) is 65.2 Å². The van der Waals surface area contributed by atoms with Gasteiger partial charge in [-0.25, -0.2) is 9.59 Å². The molecule has 0 bridgehead atoms. The first kappa shape index (κ1) is 49.1. The van der Waals surface area contributed by atoms with Crippen molar-refractivity contribution in [2.75, 3.05) is 80.3 Å². The summed E-state index contributed by atoms with van der Waals surface area (Å²) in [5.41, 5.74) is 1.62. The molecule has 336 valence electrons. The van der Waals surface area contributed by atoms with Gasteiger partial charge in [0, 0.05) is 14.2 Å². The van der Waals surface area contributed by atoms with Gasteiger partial charge in [0.1, 0.15) is 36.1 Å². The van der Waals surface area contributed by atoms with E-state index in [1.165, 1.54) is 0 Å². The van der Waals surface area contributed by atoms with E-state index in [1.807, 2.05) is 0 Å². The second-order valence-electron chi connectivity index (χ2n) is 14.0. The molecule has 0 fully saturated rings. The topological polar surface area (TPSA) is 151 Å². The van der Waals surface area contributed by atoms with E-state index in [4.69, 9.17) is 47.4 Å². The van der Waals surface area contributed by atoms with Crippen LogP contribution in [0.3, 0.4) is 0 Å². The molecule has 62 heavy (non-hydrogen) atoms. The summed E-state index contributed by atoms with van der Waals surface area (Å²) in [6.07, 6.45) is 7.95. The number of ether oxygens (including phenoxy) is 10. The number of rotatable bonds is 32. The number of hydrogen-bond acceptors (Lipinski definition) is 14. The predicted octanol–water partition coefficient (Wildman–Crippen LogP) is 10.5. The van der Waals surface area contributed by atoms with Crippen molar-refractivity contribution in [1.29, 1.82) is 0 Å². The van der Waals surface area contributed by atoms with Crippen LogP contribution in [0.1, 0.15) is 85.9 Å². The van der Waals surface area contributed by atoms with Gasteiger partial charge in [-0.15, -0.1) is 5.11 Å². The van der Waals surface area contributed by atoms with Gasteiger partial charge in [-0.2, -0.15) is 5.11 Å². The molecule has 0 heterocycles. The Labute approximate surface area is 365 Å². The predicted molar refractivity (Wildman–Crippen MR) is 236 cm³/mol. The number of nitrogens with zero attached hydrogens (tertiary/aromatic N) is 2. The van der Waals surface area contributed by atoms with Gasteiger partial charge in [0.2, 0.25) is 5.75 Å². The Kier molecular flexibility index (Phi) is 23.5. The Bertz CT molecular complexity index is 1890. The summed E-state index contributed by atoms with van der Waals surface area (Å²) in [4.78, 5) is 26.3. The maximum atomic E-state index is 13.5. The van der Waals surface area contributed by atoms with Crippen molar-refractivity contribution in [3.05, 3.63) is 96.1 Å². The van der Waals surface area contributed by atoms with E-state index < -0.39 is 11.9 Å². The Balaban J connectivity index is 1.46. The monoisotopic (exact) mass is 858 g/mol. The van der Waals surface area contributed by atoms with Crippen molar-refractivity contribution >= 4 is 23.3 Å². The second-order valence-corrected chi connectivity index (χ2v) is 14.0. The second kappa shape index (κ2) is 29.7. The molecule has 0 aliphatic carbocycles. The molecule has 0 aliphatic rings. The molecule has 0 aromatic heterocycles. The zero-order valence-corrected chi connectivity index (χ0v) is 36.6. The first-order valence-corrected chi connectivity index (χ1v) is 21.4. The number of hydrogen-bond donors (Lipinski definition) is 0. The van der Waals surface area contributed by atoms with Crippen molar-refractivity contribution in [1.82, 2.24) is 0 Å². The minimum Gasteiger partial charge on any atom is -0.491 e. The first-order chi connectivity index (χ1) is 30.4. The molecule has 4 rings (SSSR count). The fourth-order valence-corrected chi connectivity index (χ4v) is 5.69. The standard InChI is InChI=1S/C48H62N2O12/c1-5-7-9-11-27-59-45-43(50-49-39-17-23-42(24-18-39)61-47(51)37-13-19-40(20-14-37)57-35-33-55-31-29-53-3)25-26-44(46(45)60-28-12-10-8-6-2)62-48(52)38-15-21-41(22-16-38)58-36-34-56-32-30-54-4/h13-26H,5-12,27-36H2,1-4H3. The van der Waals surface area contributed by atoms with Crippen molar-refractivity contribution in [2.24, 2.45) is 10.2 Å². The van der Waals surface area contributed by atoms with E-state index in [9.17, 15) is 9.59 Å². The highest BCUT2D eigenvalue weighted by molar-refractivity contribution is 5.92. The summed E-state index contributed by atoms with van der Waals surface area (Å²) < 4.78 is 56.4. The third-order valence-corrected chi connectivity index (χ3v) is 9.10. The molecule has 0 N–H and O–H groups in total. The molecule has 14 nitrogen and oxygen atoms in total. The SMILES string of the molecule is CCCCCCOc1c(N=Nc2ccc(OC(=O)c3ccc(OCCOCCOC)cc3)cc2)ccc(OC(=O)c2ccc(OCCOCCOC)cc2)c1OCCCCCC. The number of methoxy groups -OCH3 is 2. The third-order valence-electron chi connectivity index (χ3n) is 9.10. The van der Waals surface area contributed by atoms with Crippen LogP contribution < -0.4 is 28.4 Å². The van der Waals surface area contributed by atoms with Gasteiger partial charge in [0.25, 0.3) is 0 Å². The van der Waals surface area contributed by atoms with Crippen LogP contribution in [0.2, 0.25) is 0 Å². The van der Waals surface area contributed by atoms with Crippen LogP contribution >= 0.6 is 0 Å². The lowest BCUT2D eigenvalue weighted by Gasteiger charge is -2.18. The van der Waals surface area contributed by atoms with Crippen molar-refractivity contribution < 1.29 is 57.0 Å². The van der Waals surface area contributed by atoms with E-state index in [0.717, 1.165) is 51.4 Å². The van der Waals surface area contributed by atoms with Crippen LogP contribution in [0.15, 0.2) is 95.2 Å². The highest BCUT2D eigenvalue weighted by Crippen LogP contribution is 2.46. The summed E-state index contributed by atoms with van der Waals surface area (Å²) in [6, 6.07) is 23.4. The molecule has 0 aliphatic heterocycles. The zero-order valence-electron chi connectivity index (χ0n) is 36.6. The molecule has 4 aromatic carbocycles. The first-order valence-electron chi connectivity index (χ1n) is 21.4. The van der Waals surface area contributed by atoms with Gasteiger partial charge in [0.05, 0.1) is 69.7 Å². The van der Waals surface area contributed by atoms with Gasteiger partial charge in [-0.3, -0.25) is 0 Å². The van der Waals surface area contributed by atoms with Crippen LogP contribution in [0, 0.1) is 0 Å². The van der Waals surface area contributed by atoms with Crippen LogP contribution in [0.4, 0.5) is 11.4 Å². The lowest BCUT2D eigenvalue weighted by Crippen LogP contribution is -2.12. The molecular weight excluding hydrogens is 797 g/mol. The maximum Gasteiger partial charge on any atom is 0.343 e. The lowest BCUT2D eigenvalue weighted by atomic mass is 10.2. The molecule has 0 saturated heterocycles. The smallest absolute Gasteiger partial charge is 0.343 e. The summed E-state index contributed by atoms with van der Waals surface area (Å²) in [5, 5.41) is 9.01. The minimum atomic E-state index is -0.569. The number of benzene rings is 4. The molecule has 4 aromatic rings. The number of carbonyl (C=O) groups excluding carboxylic acids is 2. The summed E-state index contributed by atoms with van der Waals surface area (Å²) in [7, 11) is 3.24. The average Bonchev–Trinajstić information content (AvgIpc) is 3.29. The van der Waals surface area contributed by atoms with Gasteiger partial charge in [-0.1, -0.05) is 52.4 Å². The van der Waals surface area contributed by atoms with Gasteiger partial charge >= 0.3 is 11.9 Å². The number of unbranched alkanes of at least 4 members (excludes halogenated alkanes) is 6. The quantitative estimate of drug-likeness (QED) is 0.0199. The van der Waals surface area contributed by atoms with Gasteiger partial charge in [-0.05, 0) is 97.8 Å². The summed E-state index contributed by atoms with van der Waals surface area (Å²) in [6.45, 7) is 8.70. The fraction of sp³-hybridized carbons (Fsp3) is 0.458. The van der Waals surface area contributed by atoms with E-state index in [2.05, 4.69) is 24.1 Å². The average molecular weight is 859 g/mol. The largest absolute Gasteiger partial charge is 0.491 e. The lowest BCUT2D eigenvalue weighted by molar-refractivity contribution is 0.0544. The molecule has 0 saturated carbocycles. The van der Waals surface area contributed by atoms with Crippen LogP contribution in [0.25, 0.3) is 0 Å². The van der Waals surface area contributed by atoms with E-state index in [1.54, 1.807) is 99.1 Å². The molecule has 0 unspecified atom stereocenters. The molecule has 0 radical (unpaired) electrons. The number of azo groups is 1. The zero-order chi connectivity index (χ0) is 44.0. The third kappa shape index (κ3) is 18.2. The Morgan fingerprint density at radius 1 is 0.435 bits per heavy atom. The van der Waals surface area contributed by atoms with Crippen molar-refractivity contribution in [3.8, 4) is 34.5 Å². The van der Waals surface area contributed by atoms with E-state index >= 15 is 0 Å². The van der Waals surface area contributed by atoms with E-state index in [-0.39, 0.29) is 11.5 Å². The normalized spacial score (nSPS) is 11.1. The van der Waals surface area contributed by atoms with Crippen LogP contribution in [-0.4, -0.2) is 92.2 Å².